The summed E-state index contributed by atoms with van der Waals surface area (Å²) in [5.74, 6) is 0.802. The van der Waals surface area contributed by atoms with E-state index in [4.69, 9.17) is 11.6 Å². The molecule has 4 heteroatoms. The van der Waals surface area contributed by atoms with Crippen molar-refractivity contribution in [3.63, 3.8) is 0 Å². The average Bonchev–Trinajstić information content (AvgIpc) is 2.37. The summed E-state index contributed by atoms with van der Waals surface area (Å²) in [6, 6.07) is 7.63. The molecule has 0 amide bonds. The molecule has 0 bridgehead atoms. The molecule has 1 aromatic heterocycles. The number of nitrogens with zero attached hydrogens (tertiary/aromatic N) is 2. The average molecular weight is 248 g/mol. The zero-order chi connectivity index (χ0) is 12.1. The first-order chi connectivity index (χ1) is 8.31. The van der Waals surface area contributed by atoms with Crippen LogP contribution in [0, 0.1) is 0 Å². The topological polar surface area (TPSA) is 37.8 Å². The Balaban J connectivity index is 2.37. The van der Waals surface area contributed by atoms with E-state index in [1.165, 1.54) is 0 Å². The second kappa shape index (κ2) is 5.64. The summed E-state index contributed by atoms with van der Waals surface area (Å²) in [5, 5.41) is 3.97. The van der Waals surface area contributed by atoms with Crippen molar-refractivity contribution in [2.45, 2.75) is 13.3 Å². The van der Waals surface area contributed by atoms with Crippen LogP contribution < -0.4 is 5.32 Å². The van der Waals surface area contributed by atoms with Crippen LogP contribution in [0.3, 0.4) is 0 Å². The molecule has 3 nitrogen and oxygen atoms in total. The van der Waals surface area contributed by atoms with E-state index in [1.54, 1.807) is 12.4 Å². The third kappa shape index (κ3) is 2.94. The summed E-state index contributed by atoms with van der Waals surface area (Å²) in [4.78, 5) is 8.66. The Bertz CT molecular complexity index is 500. The van der Waals surface area contributed by atoms with Gasteiger partial charge in [-0.25, -0.2) is 4.98 Å². The van der Waals surface area contributed by atoms with Crippen molar-refractivity contribution in [1.82, 2.24) is 9.97 Å². The van der Waals surface area contributed by atoms with Gasteiger partial charge in [-0.05, 0) is 18.6 Å². The highest BCUT2D eigenvalue weighted by Gasteiger charge is 2.07. The lowest BCUT2D eigenvalue weighted by molar-refractivity contribution is 0.966. The van der Waals surface area contributed by atoms with Crippen LogP contribution in [-0.4, -0.2) is 16.5 Å². The first kappa shape index (κ1) is 11.9. The smallest absolute Gasteiger partial charge is 0.152 e. The Morgan fingerprint density at radius 1 is 1.24 bits per heavy atom. The predicted molar refractivity (Wildman–Crippen MR) is 71.3 cm³/mol. The molecule has 0 saturated heterocycles. The van der Waals surface area contributed by atoms with E-state index in [2.05, 4.69) is 22.2 Å². The van der Waals surface area contributed by atoms with Crippen molar-refractivity contribution in [3.05, 3.63) is 41.7 Å². The van der Waals surface area contributed by atoms with Crippen LogP contribution in [0.1, 0.15) is 13.3 Å². The number of rotatable bonds is 4. The molecule has 2 rings (SSSR count). The number of nitrogens with one attached hydrogen (secondary N) is 1. The number of benzene rings is 1. The summed E-state index contributed by atoms with van der Waals surface area (Å²) in [5.41, 5.74) is 1.81. The lowest BCUT2D eigenvalue weighted by Crippen LogP contribution is -2.04. The normalized spacial score (nSPS) is 10.2. The minimum atomic E-state index is 0.703. The maximum Gasteiger partial charge on any atom is 0.152 e. The SMILES string of the molecule is CCCNc1nccnc1-c1cccc(Cl)c1. The Hall–Kier alpha value is -1.61. The van der Waals surface area contributed by atoms with Gasteiger partial charge in [0, 0.05) is 29.5 Å². The summed E-state index contributed by atoms with van der Waals surface area (Å²) < 4.78 is 0. The number of hydrogen-bond donors (Lipinski definition) is 1. The molecule has 88 valence electrons. The number of aromatic nitrogens is 2. The fraction of sp³-hybridized carbons (Fsp3) is 0.231. The van der Waals surface area contributed by atoms with Gasteiger partial charge >= 0.3 is 0 Å². The van der Waals surface area contributed by atoms with E-state index >= 15 is 0 Å². The van der Waals surface area contributed by atoms with E-state index < -0.39 is 0 Å². The van der Waals surface area contributed by atoms with E-state index in [9.17, 15) is 0 Å². The molecule has 0 unspecified atom stereocenters. The molecule has 0 fully saturated rings. The molecule has 17 heavy (non-hydrogen) atoms. The van der Waals surface area contributed by atoms with Gasteiger partial charge in [0.25, 0.3) is 0 Å². The highest BCUT2D eigenvalue weighted by molar-refractivity contribution is 6.30. The standard InChI is InChI=1S/C13H14ClN3/c1-2-6-16-13-12(15-7-8-17-13)10-4-3-5-11(14)9-10/h3-5,7-9H,2,6H2,1H3,(H,16,17). The van der Waals surface area contributed by atoms with Crippen LogP contribution in [0.5, 0.6) is 0 Å². The van der Waals surface area contributed by atoms with E-state index in [1.807, 2.05) is 24.3 Å². The number of anilines is 1. The fourth-order valence-corrected chi connectivity index (χ4v) is 1.75. The Kier molecular flexibility index (Phi) is 3.94. The van der Waals surface area contributed by atoms with Crippen molar-refractivity contribution >= 4 is 17.4 Å². The maximum atomic E-state index is 5.98. The van der Waals surface area contributed by atoms with E-state index in [-0.39, 0.29) is 0 Å². The maximum absolute atomic E-state index is 5.98. The monoisotopic (exact) mass is 247 g/mol. The molecule has 0 aliphatic rings. The molecular formula is C13H14ClN3. The van der Waals surface area contributed by atoms with Gasteiger partial charge in [0.05, 0.1) is 0 Å². The number of hydrogen-bond acceptors (Lipinski definition) is 3. The molecule has 1 heterocycles. The van der Waals surface area contributed by atoms with Crippen LogP contribution in [-0.2, 0) is 0 Å². The van der Waals surface area contributed by atoms with Gasteiger partial charge < -0.3 is 5.32 Å². The Labute approximate surface area is 106 Å². The minimum absolute atomic E-state index is 0.703. The quantitative estimate of drug-likeness (QED) is 0.897. The van der Waals surface area contributed by atoms with Gasteiger partial charge in [0.15, 0.2) is 5.82 Å². The van der Waals surface area contributed by atoms with Crippen molar-refractivity contribution in [2.75, 3.05) is 11.9 Å². The van der Waals surface area contributed by atoms with Gasteiger partial charge in [0.1, 0.15) is 5.69 Å². The van der Waals surface area contributed by atoms with E-state index in [0.717, 1.165) is 30.0 Å². The van der Waals surface area contributed by atoms with Crippen molar-refractivity contribution in [3.8, 4) is 11.3 Å². The van der Waals surface area contributed by atoms with Gasteiger partial charge in [-0.1, -0.05) is 30.7 Å². The third-order valence-corrected chi connectivity index (χ3v) is 2.57. The fourth-order valence-electron chi connectivity index (χ4n) is 1.56. The molecule has 0 aliphatic heterocycles. The molecule has 2 aromatic rings. The van der Waals surface area contributed by atoms with Crippen LogP contribution in [0.2, 0.25) is 5.02 Å². The second-order valence-corrected chi connectivity index (χ2v) is 4.13. The van der Waals surface area contributed by atoms with Crippen molar-refractivity contribution in [1.29, 1.82) is 0 Å². The second-order valence-electron chi connectivity index (χ2n) is 3.69. The lowest BCUT2D eigenvalue weighted by atomic mass is 10.1. The number of halogens is 1. The zero-order valence-electron chi connectivity index (χ0n) is 9.65. The van der Waals surface area contributed by atoms with Crippen molar-refractivity contribution in [2.24, 2.45) is 0 Å². The highest BCUT2D eigenvalue weighted by Crippen LogP contribution is 2.25. The summed E-state index contributed by atoms with van der Waals surface area (Å²) >= 11 is 5.98. The van der Waals surface area contributed by atoms with Crippen LogP contribution in [0.25, 0.3) is 11.3 Å². The van der Waals surface area contributed by atoms with Crippen LogP contribution >= 0.6 is 11.6 Å². The third-order valence-electron chi connectivity index (χ3n) is 2.34. The molecule has 0 saturated carbocycles. The summed E-state index contributed by atoms with van der Waals surface area (Å²) in [6.07, 6.45) is 4.42. The van der Waals surface area contributed by atoms with E-state index in [0.29, 0.717) is 5.02 Å². The molecule has 0 spiro atoms. The van der Waals surface area contributed by atoms with Gasteiger partial charge in [0.2, 0.25) is 0 Å². The summed E-state index contributed by atoms with van der Waals surface area (Å²) in [7, 11) is 0. The largest absolute Gasteiger partial charge is 0.368 e. The van der Waals surface area contributed by atoms with Gasteiger partial charge in [-0.3, -0.25) is 4.98 Å². The predicted octanol–water partition coefficient (Wildman–Crippen LogP) is 3.62. The molecule has 1 N–H and O–H groups in total. The van der Waals surface area contributed by atoms with Crippen molar-refractivity contribution < 1.29 is 0 Å². The first-order valence-corrected chi connectivity index (χ1v) is 6.00. The first-order valence-electron chi connectivity index (χ1n) is 5.62. The summed E-state index contributed by atoms with van der Waals surface area (Å²) in [6.45, 7) is 2.99. The lowest BCUT2D eigenvalue weighted by Gasteiger charge is -2.09. The van der Waals surface area contributed by atoms with Crippen LogP contribution in [0.4, 0.5) is 5.82 Å². The minimum Gasteiger partial charge on any atom is -0.368 e. The Morgan fingerprint density at radius 2 is 2.06 bits per heavy atom. The van der Waals surface area contributed by atoms with Gasteiger partial charge in [-0.15, -0.1) is 0 Å². The zero-order valence-corrected chi connectivity index (χ0v) is 10.4. The van der Waals surface area contributed by atoms with Crippen LogP contribution in [0.15, 0.2) is 36.7 Å². The molecule has 0 aliphatic carbocycles. The molecule has 0 radical (unpaired) electrons. The van der Waals surface area contributed by atoms with Gasteiger partial charge in [-0.2, -0.15) is 0 Å². The molecular weight excluding hydrogens is 234 g/mol. The highest BCUT2D eigenvalue weighted by atomic mass is 35.5. The molecule has 1 aromatic carbocycles. The molecule has 0 atom stereocenters. The Morgan fingerprint density at radius 3 is 2.82 bits per heavy atom.